The van der Waals surface area contributed by atoms with E-state index in [0.717, 1.165) is 0 Å². The van der Waals surface area contributed by atoms with E-state index in [-0.39, 0.29) is 0 Å². The molecular weight excluding hydrogens is 472 g/mol. The van der Waals surface area contributed by atoms with Crippen molar-refractivity contribution >= 4 is 5.97 Å². The maximum absolute atomic E-state index is 11.3. The Morgan fingerprint density at radius 3 is 1.82 bits per heavy atom. The lowest BCUT2D eigenvalue weighted by molar-refractivity contribution is -0.376. The Balaban J connectivity index is 1.79. The topological polar surface area (TPSA) is 266 Å². The summed E-state index contributed by atoms with van der Waals surface area (Å²) in [6, 6.07) is 0. The number of carboxylic acid groups (broad SMARTS) is 1. The molecule has 3 saturated heterocycles. The van der Waals surface area contributed by atoms with Gasteiger partial charge in [0, 0.05) is 0 Å². The van der Waals surface area contributed by atoms with Crippen LogP contribution in [-0.2, 0) is 28.5 Å². The molecule has 15 atom stereocenters. The normalized spacial score (nSPS) is 52.4. The number of carbonyl (C=O) groups is 1. The molecule has 16 nitrogen and oxygen atoms in total. The third kappa shape index (κ3) is 5.20. The minimum atomic E-state index is -2.02. The van der Waals surface area contributed by atoms with Crippen LogP contribution in [-0.4, -0.2) is 156 Å². The minimum absolute atomic E-state index is 0.835. The summed E-state index contributed by atoms with van der Waals surface area (Å²) < 4.78 is 26.0. The van der Waals surface area contributed by atoms with E-state index in [2.05, 4.69) is 0 Å². The van der Waals surface area contributed by atoms with Gasteiger partial charge in [0.25, 0.3) is 0 Å². The lowest BCUT2D eigenvalue weighted by atomic mass is 9.96. The number of aliphatic hydroxyl groups is 9. The molecule has 3 heterocycles. The molecule has 0 aliphatic carbocycles. The Morgan fingerprint density at radius 1 is 0.706 bits per heavy atom. The fraction of sp³-hybridized carbons (Fsp3) is 0.944. The standard InChI is InChI=1S/C18H30O16/c1-3-5(20)12(10(25)16(29)30-3)32-18-11(26)13(6(21)4(2-19)31-18)33-17-9(24)7(22)8(23)14(34-17)15(27)28/h3-14,16-26,29H,2H2,1H3,(H,27,28)/t3-,4+,5+,6-,7-,8-,9+,10-,11+,12+,13-,14-,16?,17+,18+/m0/s1. The monoisotopic (exact) mass is 502 g/mol. The van der Waals surface area contributed by atoms with E-state index in [9.17, 15) is 50.8 Å². The van der Waals surface area contributed by atoms with E-state index in [1.54, 1.807) is 0 Å². The van der Waals surface area contributed by atoms with E-state index >= 15 is 0 Å². The molecule has 0 spiro atoms. The van der Waals surface area contributed by atoms with Crippen molar-refractivity contribution < 1.29 is 79.5 Å². The average Bonchev–Trinajstić information content (AvgIpc) is 2.79. The Bertz CT molecular complexity index is 681. The first-order valence-corrected chi connectivity index (χ1v) is 10.4. The van der Waals surface area contributed by atoms with E-state index in [0.29, 0.717) is 0 Å². The van der Waals surface area contributed by atoms with Crippen LogP contribution < -0.4 is 0 Å². The molecule has 3 aliphatic rings. The SMILES string of the molecule is C[C@@H]1OC(O)[C@@H](O)[C@H](O[C@H]2O[C@H](CO)[C@H](O)[C@H](O[C@@H]3O[C@H](C(=O)O)[C@@H](O)[C@H](O)[C@H]3O)[C@H]2O)[C@@H]1O. The molecule has 16 heteroatoms. The maximum atomic E-state index is 11.3. The van der Waals surface area contributed by atoms with E-state index in [1.165, 1.54) is 6.92 Å². The van der Waals surface area contributed by atoms with Gasteiger partial charge in [-0.05, 0) is 6.92 Å². The lowest BCUT2D eigenvalue weighted by Crippen LogP contribution is -2.66. The summed E-state index contributed by atoms with van der Waals surface area (Å²) in [6.07, 6.45) is -26.4. The van der Waals surface area contributed by atoms with Crippen LogP contribution in [0.1, 0.15) is 6.92 Å². The van der Waals surface area contributed by atoms with Crippen molar-refractivity contribution in [1.82, 2.24) is 0 Å². The van der Waals surface area contributed by atoms with Crippen molar-refractivity contribution in [1.29, 1.82) is 0 Å². The highest BCUT2D eigenvalue weighted by Crippen LogP contribution is 2.32. The number of rotatable bonds is 6. The largest absolute Gasteiger partial charge is 0.479 e. The molecule has 0 aromatic carbocycles. The van der Waals surface area contributed by atoms with Crippen LogP contribution in [0.4, 0.5) is 0 Å². The second-order valence-corrected chi connectivity index (χ2v) is 8.36. The van der Waals surface area contributed by atoms with Gasteiger partial charge in [0.15, 0.2) is 25.0 Å². The molecule has 34 heavy (non-hydrogen) atoms. The summed E-state index contributed by atoms with van der Waals surface area (Å²) in [5.41, 5.74) is 0. The summed E-state index contributed by atoms with van der Waals surface area (Å²) in [4.78, 5) is 11.3. The zero-order valence-electron chi connectivity index (χ0n) is 17.8. The Hall–Kier alpha value is -1.09. The van der Waals surface area contributed by atoms with Gasteiger partial charge in [0.05, 0.1) is 12.7 Å². The number of hydrogen-bond donors (Lipinski definition) is 10. The highest BCUT2D eigenvalue weighted by atomic mass is 16.7. The predicted octanol–water partition coefficient (Wildman–Crippen LogP) is -6.45. The van der Waals surface area contributed by atoms with Gasteiger partial charge in [-0.2, -0.15) is 0 Å². The minimum Gasteiger partial charge on any atom is -0.479 e. The second-order valence-electron chi connectivity index (χ2n) is 8.36. The fourth-order valence-electron chi connectivity index (χ4n) is 3.97. The summed E-state index contributed by atoms with van der Waals surface area (Å²) in [5.74, 6) is -1.69. The molecule has 198 valence electrons. The van der Waals surface area contributed by atoms with Crippen molar-refractivity contribution in [2.45, 2.75) is 99.0 Å². The average molecular weight is 502 g/mol. The molecule has 3 rings (SSSR count). The molecule has 0 radical (unpaired) electrons. The van der Waals surface area contributed by atoms with Crippen LogP contribution in [0, 0.1) is 0 Å². The zero-order valence-corrected chi connectivity index (χ0v) is 17.8. The molecular formula is C18H30O16. The molecule has 0 saturated carbocycles. The van der Waals surface area contributed by atoms with Gasteiger partial charge in [0.1, 0.15) is 61.0 Å². The van der Waals surface area contributed by atoms with E-state index < -0.39 is 105 Å². The van der Waals surface area contributed by atoms with E-state index in [1.807, 2.05) is 0 Å². The van der Waals surface area contributed by atoms with Gasteiger partial charge in [-0.1, -0.05) is 0 Å². The maximum Gasteiger partial charge on any atom is 0.335 e. The molecule has 10 N–H and O–H groups in total. The summed E-state index contributed by atoms with van der Waals surface area (Å²) >= 11 is 0. The molecule has 1 unspecified atom stereocenters. The summed E-state index contributed by atoms with van der Waals surface area (Å²) in [6.45, 7) is 0.541. The van der Waals surface area contributed by atoms with Gasteiger partial charge in [0.2, 0.25) is 0 Å². The number of carboxylic acids is 1. The molecule has 0 aromatic rings. The second kappa shape index (κ2) is 10.9. The predicted molar refractivity (Wildman–Crippen MR) is 100 cm³/mol. The zero-order chi connectivity index (χ0) is 25.5. The van der Waals surface area contributed by atoms with Crippen LogP contribution in [0.2, 0.25) is 0 Å². The fourth-order valence-corrected chi connectivity index (χ4v) is 3.97. The Morgan fingerprint density at radius 2 is 1.26 bits per heavy atom. The van der Waals surface area contributed by atoms with Crippen molar-refractivity contribution in [3.05, 3.63) is 0 Å². The first-order chi connectivity index (χ1) is 15.9. The van der Waals surface area contributed by atoms with Crippen molar-refractivity contribution in [3.8, 4) is 0 Å². The van der Waals surface area contributed by atoms with Crippen molar-refractivity contribution in [2.24, 2.45) is 0 Å². The summed E-state index contributed by atoms with van der Waals surface area (Å²) in [7, 11) is 0. The highest BCUT2D eigenvalue weighted by Gasteiger charge is 2.54. The van der Waals surface area contributed by atoms with Gasteiger partial charge < -0.3 is 74.7 Å². The Labute approximate surface area is 192 Å². The third-order valence-corrected chi connectivity index (χ3v) is 6.02. The van der Waals surface area contributed by atoms with Crippen molar-refractivity contribution in [2.75, 3.05) is 6.61 Å². The van der Waals surface area contributed by atoms with Crippen molar-refractivity contribution in [3.63, 3.8) is 0 Å². The third-order valence-electron chi connectivity index (χ3n) is 6.02. The highest BCUT2D eigenvalue weighted by molar-refractivity contribution is 5.73. The molecule has 0 aromatic heterocycles. The van der Waals surface area contributed by atoms with Crippen LogP contribution in [0.3, 0.4) is 0 Å². The van der Waals surface area contributed by atoms with Gasteiger partial charge in [-0.3, -0.25) is 0 Å². The quantitative estimate of drug-likeness (QED) is 0.162. The number of ether oxygens (including phenoxy) is 5. The first-order valence-electron chi connectivity index (χ1n) is 10.4. The summed E-state index contributed by atoms with van der Waals surface area (Å²) in [5, 5.41) is 100.0. The van der Waals surface area contributed by atoms with Gasteiger partial charge >= 0.3 is 5.97 Å². The van der Waals surface area contributed by atoms with E-state index in [4.69, 9.17) is 28.8 Å². The number of aliphatic hydroxyl groups excluding tert-OH is 9. The van der Waals surface area contributed by atoms with Crippen LogP contribution in [0.5, 0.6) is 0 Å². The molecule has 3 aliphatic heterocycles. The first kappa shape index (κ1) is 27.5. The number of hydrogen-bond acceptors (Lipinski definition) is 15. The molecule has 0 amide bonds. The van der Waals surface area contributed by atoms with Gasteiger partial charge in [-0.15, -0.1) is 0 Å². The van der Waals surface area contributed by atoms with Gasteiger partial charge in [-0.25, -0.2) is 4.79 Å². The number of aliphatic carboxylic acids is 1. The Kier molecular flexibility index (Phi) is 8.81. The molecule has 3 fully saturated rings. The smallest absolute Gasteiger partial charge is 0.335 e. The van der Waals surface area contributed by atoms with Crippen LogP contribution in [0.25, 0.3) is 0 Å². The lowest BCUT2D eigenvalue weighted by Gasteiger charge is -2.47. The van der Waals surface area contributed by atoms with Crippen LogP contribution >= 0.6 is 0 Å². The molecule has 0 bridgehead atoms. The van der Waals surface area contributed by atoms with Crippen LogP contribution in [0.15, 0.2) is 0 Å².